The van der Waals surface area contributed by atoms with Gasteiger partial charge in [0.2, 0.25) is 0 Å². The van der Waals surface area contributed by atoms with E-state index in [1.807, 2.05) is 11.3 Å². The van der Waals surface area contributed by atoms with E-state index >= 15 is 0 Å². The Morgan fingerprint density at radius 3 is 1.56 bits per heavy atom. The summed E-state index contributed by atoms with van der Waals surface area (Å²) in [7, 11) is 0. The molecule has 0 N–H and O–H groups in total. The van der Waals surface area contributed by atoms with E-state index in [1.54, 1.807) is 0 Å². The van der Waals surface area contributed by atoms with Crippen LogP contribution in [0.25, 0.3) is 103 Å². The molecule has 0 aliphatic carbocycles. The van der Waals surface area contributed by atoms with E-state index in [-0.39, 0.29) is 0 Å². The predicted molar refractivity (Wildman–Crippen MR) is 230 cm³/mol. The molecule has 0 aliphatic heterocycles. The molecule has 12 aromatic rings. The van der Waals surface area contributed by atoms with E-state index in [1.165, 1.54) is 97.3 Å². The zero-order valence-electron chi connectivity index (χ0n) is 29.1. The number of para-hydroxylation sites is 5. The van der Waals surface area contributed by atoms with Crippen molar-refractivity contribution in [2.45, 2.75) is 0 Å². The van der Waals surface area contributed by atoms with Gasteiger partial charge in [0, 0.05) is 65.0 Å². The Kier molecular flexibility index (Phi) is 6.21. The third-order valence-electron chi connectivity index (χ3n) is 11.3. The summed E-state index contributed by atoms with van der Waals surface area (Å²) in [4.78, 5) is 1.28. The Morgan fingerprint density at radius 2 is 0.852 bits per heavy atom. The second-order valence-electron chi connectivity index (χ2n) is 14.1. The van der Waals surface area contributed by atoms with Gasteiger partial charge in [-0.3, -0.25) is 0 Å². The summed E-state index contributed by atoms with van der Waals surface area (Å²) in [6.07, 6.45) is 0. The van der Waals surface area contributed by atoms with E-state index in [9.17, 15) is 0 Å². The number of hydrogen-bond acceptors (Lipinski definition) is 1. The summed E-state index contributed by atoms with van der Waals surface area (Å²) in [5.41, 5.74) is 12.0. The minimum atomic E-state index is 1.15. The quantitative estimate of drug-likeness (QED) is 0.173. The summed E-state index contributed by atoms with van der Waals surface area (Å²) in [6.45, 7) is 0. The van der Waals surface area contributed by atoms with Gasteiger partial charge in [-0.2, -0.15) is 0 Å². The number of aromatic nitrogens is 3. The summed E-state index contributed by atoms with van der Waals surface area (Å²) in [6, 6.07) is 68.7. The van der Waals surface area contributed by atoms with Gasteiger partial charge in [0.15, 0.2) is 0 Å². The molecule has 54 heavy (non-hydrogen) atoms. The van der Waals surface area contributed by atoms with E-state index in [0.29, 0.717) is 0 Å². The molecule has 8 aromatic carbocycles. The molecule has 0 unspecified atom stereocenters. The first-order chi connectivity index (χ1) is 26.8. The molecule has 4 heterocycles. The molecule has 0 atom stereocenters. The van der Waals surface area contributed by atoms with Gasteiger partial charge in [-0.05, 0) is 72.3 Å². The molecule has 0 radical (unpaired) electrons. The molecule has 12 rings (SSSR count). The van der Waals surface area contributed by atoms with Crippen molar-refractivity contribution in [3.8, 4) is 28.2 Å². The van der Waals surface area contributed by atoms with Gasteiger partial charge in [0.1, 0.15) is 4.83 Å². The molecule has 4 aromatic heterocycles. The second kappa shape index (κ2) is 11.3. The fourth-order valence-electron chi connectivity index (χ4n) is 8.96. The smallest absolute Gasteiger partial charge is 0.109 e. The SMILES string of the molecule is c1ccc(-n2c3sc4ccccc4c3c3cccc(-c4ccc(-n5c6ccccc6c6cc(-n7c8ccccc8c8ccccc87)ccc65)cc4)c32)cc1. The number of nitrogens with zero attached hydrogens (tertiary/aromatic N) is 3. The number of hydrogen-bond donors (Lipinski definition) is 0. The number of thiophene rings is 1. The monoisotopic (exact) mass is 705 g/mol. The summed E-state index contributed by atoms with van der Waals surface area (Å²) in [5, 5.41) is 8.97. The van der Waals surface area contributed by atoms with E-state index < -0.39 is 0 Å². The Hall–Kier alpha value is -6.88. The minimum Gasteiger partial charge on any atom is -0.309 e. The lowest BCUT2D eigenvalue weighted by Crippen LogP contribution is -1.96. The molecular formula is C50H31N3S. The first-order valence-corrected chi connectivity index (χ1v) is 19.3. The van der Waals surface area contributed by atoms with Gasteiger partial charge in [-0.1, -0.05) is 121 Å². The lowest BCUT2D eigenvalue weighted by atomic mass is 10.0. The average molecular weight is 706 g/mol. The van der Waals surface area contributed by atoms with Gasteiger partial charge >= 0.3 is 0 Å². The van der Waals surface area contributed by atoms with Crippen LogP contribution in [0.3, 0.4) is 0 Å². The van der Waals surface area contributed by atoms with Crippen molar-refractivity contribution in [1.82, 2.24) is 13.7 Å². The van der Waals surface area contributed by atoms with Gasteiger partial charge in [0.25, 0.3) is 0 Å². The molecule has 3 nitrogen and oxygen atoms in total. The second-order valence-corrected chi connectivity index (χ2v) is 15.2. The van der Waals surface area contributed by atoms with Gasteiger partial charge in [0.05, 0.1) is 27.6 Å². The minimum absolute atomic E-state index is 1.15. The summed E-state index contributed by atoms with van der Waals surface area (Å²) >= 11 is 1.87. The Bertz CT molecular complexity index is 3380. The molecule has 0 spiro atoms. The normalized spacial score (nSPS) is 12.1. The topological polar surface area (TPSA) is 14.8 Å². The Balaban J connectivity index is 1.04. The molecule has 0 bridgehead atoms. The van der Waals surface area contributed by atoms with Crippen molar-refractivity contribution in [2.75, 3.05) is 0 Å². The van der Waals surface area contributed by atoms with Crippen molar-refractivity contribution >= 4 is 86.2 Å². The van der Waals surface area contributed by atoms with Crippen molar-refractivity contribution in [1.29, 1.82) is 0 Å². The van der Waals surface area contributed by atoms with Crippen LogP contribution in [0.2, 0.25) is 0 Å². The fourth-order valence-corrected chi connectivity index (χ4v) is 10.2. The maximum absolute atomic E-state index is 2.47. The molecule has 4 heteroatoms. The molecule has 252 valence electrons. The van der Waals surface area contributed by atoms with Crippen LogP contribution in [0.4, 0.5) is 0 Å². The van der Waals surface area contributed by atoms with Crippen LogP contribution in [0.5, 0.6) is 0 Å². The number of benzene rings is 8. The van der Waals surface area contributed by atoms with Crippen LogP contribution in [0, 0.1) is 0 Å². The van der Waals surface area contributed by atoms with Crippen molar-refractivity contribution in [3.63, 3.8) is 0 Å². The Morgan fingerprint density at radius 1 is 0.333 bits per heavy atom. The first kappa shape index (κ1) is 29.7. The molecule has 0 aliphatic rings. The van der Waals surface area contributed by atoms with Crippen LogP contribution in [0.15, 0.2) is 188 Å². The van der Waals surface area contributed by atoms with E-state index in [4.69, 9.17) is 0 Å². The largest absolute Gasteiger partial charge is 0.309 e. The van der Waals surface area contributed by atoms with E-state index in [2.05, 4.69) is 202 Å². The third-order valence-corrected chi connectivity index (χ3v) is 12.4. The highest BCUT2D eigenvalue weighted by Crippen LogP contribution is 2.45. The van der Waals surface area contributed by atoms with Crippen LogP contribution >= 0.6 is 11.3 Å². The highest BCUT2D eigenvalue weighted by molar-refractivity contribution is 7.25. The van der Waals surface area contributed by atoms with Crippen LogP contribution in [0.1, 0.15) is 0 Å². The fraction of sp³-hybridized carbons (Fsp3) is 0. The summed E-state index contributed by atoms with van der Waals surface area (Å²) in [5.74, 6) is 0. The van der Waals surface area contributed by atoms with Gasteiger partial charge in [-0.25, -0.2) is 0 Å². The number of rotatable bonds is 4. The van der Waals surface area contributed by atoms with Crippen LogP contribution < -0.4 is 0 Å². The summed E-state index contributed by atoms with van der Waals surface area (Å²) < 4.78 is 8.61. The number of fused-ring (bicyclic) bond motifs is 11. The standard InChI is InChI=1S/C50H31N3S/c1-2-13-33(14-3-1)53-49-36(19-12-20-41(49)48-40-18-7-11-24-47(40)54-50(48)53)32-25-27-34(28-26-32)51-45-23-10-6-17-39(45)42-31-35(29-30-46(42)51)52-43-21-8-4-15-37(43)38-16-5-9-22-44(38)52/h1-31H. The zero-order valence-corrected chi connectivity index (χ0v) is 30.0. The maximum Gasteiger partial charge on any atom is 0.109 e. The molecule has 0 saturated carbocycles. The first-order valence-electron chi connectivity index (χ1n) is 18.4. The highest BCUT2D eigenvalue weighted by Gasteiger charge is 2.21. The molecule has 0 saturated heterocycles. The third kappa shape index (κ3) is 4.11. The molecule has 0 fully saturated rings. The van der Waals surface area contributed by atoms with E-state index in [0.717, 1.165) is 5.69 Å². The lowest BCUT2D eigenvalue weighted by molar-refractivity contribution is 1.16. The van der Waals surface area contributed by atoms with Crippen molar-refractivity contribution < 1.29 is 0 Å². The highest BCUT2D eigenvalue weighted by atomic mass is 32.1. The van der Waals surface area contributed by atoms with Gasteiger partial charge in [-0.15, -0.1) is 11.3 Å². The van der Waals surface area contributed by atoms with Crippen molar-refractivity contribution in [3.05, 3.63) is 188 Å². The predicted octanol–water partition coefficient (Wildman–Crippen LogP) is 13.9. The maximum atomic E-state index is 2.47. The molecule has 0 amide bonds. The van der Waals surface area contributed by atoms with Crippen LogP contribution in [-0.4, -0.2) is 13.7 Å². The molecular weight excluding hydrogens is 675 g/mol. The van der Waals surface area contributed by atoms with Crippen LogP contribution in [-0.2, 0) is 0 Å². The average Bonchev–Trinajstić information content (AvgIpc) is 3.97. The Labute approximate surface area is 314 Å². The van der Waals surface area contributed by atoms with Crippen molar-refractivity contribution in [2.24, 2.45) is 0 Å². The lowest BCUT2D eigenvalue weighted by Gasteiger charge is -2.13. The van der Waals surface area contributed by atoms with Gasteiger partial charge < -0.3 is 13.7 Å². The zero-order chi connectivity index (χ0) is 35.3.